The van der Waals surface area contributed by atoms with Gasteiger partial charge in [-0.2, -0.15) is 11.8 Å². The van der Waals surface area contributed by atoms with Gasteiger partial charge in [-0.25, -0.2) is 0 Å². The summed E-state index contributed by atoms with van der Waals surface area (Å²) in [5.41, 5.74) is 0. The summed E-state index contributed by atoms with van der Waals surface area (Å²) in [4.78, 5) is 0. The van der Waals surface area contributed by atoms with Crippen molar-refractivity contribution in [3.8, 4) is 0 Å². The molecule has 0 aromatic carbocycles. The van der Waals surface area contributed by atoms with E-state index in [4.69, 9.17) is 5.11 Å². The molecule has 13 heavy (non-hydrogen) atoms. The first-order chi connectivity index (χ1) is 6.31. The first kappa shape index (κ1) is 13.3. The standard InChI is InChI=1S/C11H24OS/c1-3-11(2)10-13-9-7-5-4-6-8-12/h11-12H,3-10H2,1-2H3. The Balaban J connectivity index is 2.91. The van der Waals surface area contributed by atoms with Crippen molar-refractivity contribution < 1.29 is 5.11 Å². The molecule has 1 nitrogen and oxygen atoms in total. The molecule has 0 aliphatic carbocycles. The fraction of sp³-hybridized carbons (Fsp3) is 1.00. The third-order valence-corrected chi connectivity index (χ3v) is 3.68. The number of aliphatic hydroxyl groups is 1. The van der Waals surface area contributed by atoms with E-state index in [1.54, 1.807) is 0 Å². The summed E-state index contributed by atoms with van der Waals surface area (Å²) in [6.07, 6.45) is 6.09. The molecule has 0 aromatic heterocycles. The Morgan fingerprint density at radius 3 is 2.46 bits per heavy atom. The molecule has 2 heteroatoms. The topological polar surface area (TPSA) is 20.2 Å². The van der Waals surface area contributed by atoms with Crippen molar-refractivity contribution in [3.63, 3.8) is 0 Å². The molecule has 1 unspecified atom stereocenters. The van der Waals surface area contributed by atoms with Crippen LogP contribution in [0, 0.1) is 5.92 Å². The van der Waals surface area contributed by atoms with Crippen LogP contribution in [-0.2, 0) is 0 Å². The third-order valence-electron chi connectivity index (χ3n) is 2.30. The van der Waals surface area contributed by atoms with Gasteiger partial charge in [-0.3, -0.25) is 0 Å². The first-order valence-corrected chi connectivity index (χ1v) is 6.65. The summed E-state index contributed by atoms with van der Waals surface area (Å²) < 4.78 is 0. The second kappa shape index (κ2) is 10.4. The van der Waals surface area contributed by atoms with Crippen molar-refractivity contribution >= 4 is 11.8 Å². The summed E-state index contributed by atoms with van der Waals surface area (Å²) in [5.74, 6) is 3.49. The van der Waals surface area contributed by atoms with Crippen molar-refractivity contribution in [2.75, 3.05) is 18.1 Å². The quantitative estimate of drug-likeness (QED) is 0.581. The molecule has 0 aromatic rings. The highest BCUT2D eigenvalue weighted by Crippen LogP contribution is 2.13. The molecule has 1 atom stereocenters. The molecule has 1 N–H and O–H groups in total. The highest BCUT2D eigenvalue weighted by molar-refractivity contribution is 7.99. The van der Waals surface area contributed by atoms with E-state index in [-0.39, 0.29) is 0 Å². The molecule has 0 radical (unpaired) electrons. The Morgan fingerprint density at radius 2 is 1.85 bits per heavy atom. The van der Waals surface area contributed by atoms with Gasteiger partial charge in [-0.05, 0) is 30.3 Å². The highest BCUT2D eigenvalue weighted by atomic mass is 32.2. The molecule has 80 valence electrons. The average Bonchev–Trinajstić information content (AvgIpc) is 2.16. The van der Waals surface area contributed by atoms with Crippen LogP contribution in [0.25, 0.3) is 0 Å². The molecule has 0 heterocycles. The van der Waals surface area contributed by atoms with Crippen LogP contribution < -0.4 is 0 Å². The predicted molar refractivity (Wildman–Crippen MR) is 62.3 cm³/mol. The fourth-order valence-corrected chi connectivity index (χ4v) is 2.28. The van der Waals surface area contributed by atoms with Crippen LogP contribution >= 0.6 is 11.8 Å². The maximum Gasteiger partial charge on any atom is 0.0431 e. The van der Waals surface area contributed by atoms with Gasteiger partial charge in [0.15, 0.2) is 0 Å². The summed E-state index contributed by atoms with van der Waals surface area (Å²) in [5, 5.41) is 8.57. The van der Waals surface area contributed by atoms with Crippen LogP contribution in [-0.4, -0.2) is 23.2 Å². The van der Waals surface area contributed by atoms with Gasteiger partial charge in [0.05, 0.1) is 0 Å². The fourth-order valence-electron chi connectivity index (χ4n) is 1.07. The zero-order valence-corrected chi connectivity index (χ0v) is 9.91. The summed E-state index contributed by atoms with van der Waals surface area (Å²) in [7, 11) is 0. The van der Waals surface area contributed by atoms with Gasteiger partial charge in [-0.1, -0.05) is 33.1 Å². The predicted octanol–water partition coefficient (Wildman–Crippen LogP) is 3.32. The molecular formula is C11H24OS. The molecule has 0 aliphatic heterocycles. The van der Waals surface area contributed by atoms with Crippen LogP contribution in [0.2, 0.25) is 0 Å². The Labute approximate surface area is 87.3 Å². The number of unbranched alkanes of at least 4 members (excludes halogenated alkanes) is 3. The lowest BCUT2D eigenvalue weighted by Crippen LogP contribution is -1.96. The van der Waals surface area contributed by atoms with Crippen molar-refractivity contribution in [2.45, 2.75) is 46.0 Å². The van der Waals surface area contributed by atoms with E-state index >= 15 is 0 Å². The molecular weight excluding hydrogens is 180 g/mol. The van der Waals surface area contributed by atoms with E-state index in [0.717, 1.165) is 12.3 Å². The summed E-state index contributed by atoms with van der Waals surface area (Å²) in [6, 6.07) is 0. The van der Waals surface area contributed by atoms with Crippen LogP contribution in [0.4, 0.5) is 0 Å². The zero-order chi connectivity index (χ0) is 9.94. The summed E-state index contributed by atoms with van der Waals surface area (Å²) >= 11 is 2.08. The van der Waals surface area contributed by atoms with Gasteiger partial charge < -0.3 is 5.11 Å². The molecule has 0 fully saturated rings. The number of aliphatic hydroxyl groups excluding tert-OH is 1. The Bertz CT molecular complexity index is 96.1. The molecule has 0 saturated heterocycles. The molecule has 0 rings (SSSR count). The molecule has 0 saturated carbocycles. The number of rotatable bonds is 9. The zero-order valence-electron chi connectivity index (χ0n) is 9.09. The van der Waals surface area contributed by atoms with E-state index in [0.29, 0.717) is 6.61 Å². The van der Waals surface area contributed by atoms with E-state index < -0.39 is 0 Å². The third kappa shape index (κ3) is 10.2. The number of hydrogen-bond donors (Lipinski definition) is 1. The van der Waals surface area contributed by atoms with E-state index in [2.05, 4.69) is 25.6 Å². The van der Waals surface area contributed by atoms with Gasteiger partial charge >= 0.3 is 0 Å². The van der Waals surface area contributed by atoms with Crippen LogP contribution in [0.3, 0.4) is 0 Å². The van der Waals surface area contributed by atoms with E-state index in [1.807, 2.05) is 0 Å². The Hall–Kier alpha value is 0.310. The minimum absolute atomic E-state index is 0.361. The Morgan fingerprint density at radius 1 is 1.15 bits per heavy atom. The number of hydrogen-bond acceptors (Lipinski definition) is 2. The average molecular weight is 204 g/mol. The van der Waals surface area contributed by atoms with Crippen molar-refractivity contribution in [3.05, 3.63) is 0 Å². The maximum absolute atomic E-state index is 8.57. The highest BCUT2D eigenvalue weighted by Gasteiger charge is 1.97. The van der Waals surface area contributed by atoms with Gasteiger partial charge in [0.25, 0.3) is 0 Å². The first-order valence-electron chi connectivity index (χ1n) is 5.49. The van der Waals surface area contributed by atoms with Crippen molar-refractivity contribution in [1.82, 2.24) is 0 Å². The second-order valence-corrected chi connectivity index (χ2v) is 4.88. The molecule has 0 aliphatic rings. The lowest BCUT2D eigenvalue weighted by molar-refractivity contribution is 0.283. The molecule has 0 bridgehead atoms. The minimum atomic E-state index is 0.361. The van der Waals surface area contributed by atoms with Crippen LogP contribution in [0.15, 0.2) is 0 Å². The summed E-state index contributed by atoms with van der Waals surface area (Å²) in [6.45, 7) is 4.94. The van der Waals surface area contributed by atoms with E-state index in [1.165, 1.54) is 37.2 Å². The lowest BCUT2D eigenvalue weighted by atomic mass is 10.2. The smallest absolute Gasteiger partial charge is 0.0431 e. The normalized spacial score (nSPS) is 13.2. The van der Waals surface area contributed by atoms with Crippen molar-refractivity contribution in [1.29, 1.82) is 0 Å². The number of thioether (sulfide) groups is 1. The monoisotopic (exact) mass is 204 g/mol. The SMILES string of the molecule is CCC(C)CSCCCCCCO. The van der Waals surface area contributed by atoms with Crippen LogP contribution in [0.1, 0.15) is 46.0 Å². The molecule has 0 spiro atoms. The van der Waals surface area contributed by atoms with Gasteiger partial charge in [-0.15, -0.1) is 0 Å². The second-order valence-electron chi connectivity index (χ2n) is 3.73. The molecule has 0 amide bonds. The van der Waals surface area contributed by atoms with Gasteiger partial charge in [0, 0.05) is 6.61 Å². The van der Waals surface area contributed by atoms with Crippen molar-refractivity contribution in [2.24, 2.45) is 5.92 Å². The van der Waals surface area contributed by atoms with Gasteiger partial charge in [0.2, 0.25) is 0 Å². The van der Waals surface area contributed by atoms with Crippen LogP contribution in [0.5, 0.6) is 0 Å². The largest absolute Gasteiger partial charge is 0.396 e. The van der Waals surface area contributed by atoms with Gasteiger partial charge in [0.1, 0.15) is 0 Å². The maximum atomic E-state index is 8.57. The lowest BCUT2D eigenvalue weighted by Gasteiger charge is -2.06. The minimum Gasteiger partial charge on any atom is -0.396 e. The Kier molecular flexibility index (Phi) is 10.6. The van der Waals surface area contributed by atoms with E-state index in [9.17, 15) is 0 Å².